The lowest BCUT2D eigenvalue weighted by molar-refractivity contribution is -0.159. The van der Waals surface area contributed by atoms with Crippen LogP contribution in [0.5, 0.6) is 0 Å². The van der Waals surface area contributed by atoms with E-state index in [0.29, 0.717) is 0 Å². The fourth-order valence-electron chi connectivity index (χ4n) is 1.22. The average Bonchev–Trinajstić information content (AvgIpc) is 2.30. The summed E-state index contributed by atoms with van der Waals surface area (Å²) in [6.07, 6.45) is -4.60. The maximum atomic E-state index is 11.9. The van der Waals surface area contributed by atoms with Crippen LogP contribution in [0.3, 0.4) is 0 Å². The number of amides is 1. The Balaban J connectivity index is 2.76. The first kappa shape index (κ1) is 12.0. The van der Waals surface area contributed by atoms with Gasteiger partial charge in [0.1, 0.15) is 12.5 Å². The van der Waals surface area contributed by atoms with Crippen LogP contribution in [0.1, 0.15) is 0 Å². The summed E-state index contributed by atoms with van der Waals surface area (Å²) in [6, 6.07) is 0. The predicted molar refractivity (Wildman–Crippen MR) is 42.0 cm³/mol. The maximum Gasteiger partial charge on any atom is 0.406 e. The molecule has 1 heterocycles. The number of halogens is 4. The van der Waals surface area contributed by atoms with Crippen LogP contribution in [-0.2, 0) is 14.4 Å². The molecule has 0 spiro atoms. The van der Waals surface area contributed by atoms with E-state index in [1.807, 2.05) is 0 Å². The Hall–Kier alpha value is -1.11. The number of carbonyl (C=O) groups is 3. The van der Waals surface area contributed by atoms with Gasteiger partial charge in [0.05, 0.1) is 0 Å². The van der Waals surface area contributed by atoms with Crippen molar-refractivity contribution in [1.29, 1.82) is 0 Å². The molecule has 1 amide bonds. The highest BCUT2D eigenvalue weighted by atomic mass is 35.5. The molecule has 0 aliphatic carbocycles. The van der Waals surface area contributed by atoms with Gasteiger partial charge < -0.3 is 4.90 Å². The van der Waals surface area contributed by atoms with Crippen LogP contribution in [0.2, 0.25) is 0 Å². The number of hydrogen-bond donors (Lipinski definition) is 0. The van der Waals surface area contributed by atoms with Crippen LogP contribution < -0.4 is 0 Å². The summed E-state index contributed by atoms with van der Waals surface area (Å²) < 4.78 is 35.7. The minimum atomic E-state index is -4.60. The minimum absolute atomic E-state index is 0.271. The van der Waals surface area contributed by atoms with Crippen molar-refractivity contribution in [3.05, 3.63) is 0 Å². The van der Waals surface area contributed by atoms with Crippen LogP contribution >= 0.6 is 11.6 Å². The summed E-state index contributed by atoms with van der Waals surface area (Å²) in [7, 11) is 0. The highest BCUT2D eigenvalue weighted by Crippen LogP contribution is 2.22. The standard InChI is InChI=1S/C7H5ClF3NO3/c8-5(14)3-1-12(2-7(9,10)11)6(15)4(3)13/h3H,1-2H2. The fourth-order valence-corrected chi connectivity index (χ4v) is 1.39. The molecule has 1 saturated heterocycles. The normalized spacial score (nSPS) is 22.4. The quantitative estimate of drug-likeness (QED) is 0.399. The molecule has 84 valence electrons. The van der Waals surface area contributed by atoms with E-state index in [1.54, 1.807) is 0 Å². The van der Waals surface area contributed by atoms with Crippen molar-refractivity contribution in [2.24, 2.45) is 5.92 Å². The molecule has 1 aliphatic heterocycles. The number of hydrogen-bond acceptors (Lipinski definition) is 3. The number of ketones is 1. The molecule has 0 aromatic heterocycles. The van der Waals surface area contributed by atoms with Crippen molar-refractivity contribution < 1.29 is 27.6 Å². The smallest absolute Gasteiger partial charge is 0.326 e. The van der Waals surface area contributed by atoms with Gasteiger partial charge in [0.25, 0.3) is 5.91 Å². The molecule has 0 aromatic rings. The third-order valence-electron chi connectivity index (χ3n) is 1.86. The lowest BCUT2D eigenvalue weighted by atomic mass is 10.1. The van der Waals surface area contributed by atoms with Crippen molar-refractivity contribution in [3.8, 4) is 0 Å². The summed E-state index contributed by atoms with van der Waals surface area (Å²) >= 11 is 4.96. The van der Waals surface area contributed by atoms with Crippen LogP contribution in [0.15, 0.2) is 0 Å². The molecule has 1 atom stereocenters. The Labute approximate surface area is 87.0 Å². The molecular weight excluding hydrogens is 239 g/mol. The van der Waals surface area contributed by atoms with Crippen molar-refractivity contribution in [3.63, 3.8) is 0 Å². The first-order chi connectivity index (χ1) is 6.72. The second-order valence-corrected chi connectivity index (χ2v) is 3.39. The van der Waals surface area contributed by atoms with E-state index in [9.17, 15) is 27.6 Å². The zero-order valence-corrected chi connectivity index (χ0v) is 7.93. The number of nitrogens with zero attached hydrogens (tertiary/aromatic N) is 1. The van der Waals surface area contributed by atoms with Gasteiger partial charge in [-0.1, -0.05) is 0 Å². The summed E-state index contributed by atoms with van der Waals surface area (Å²) in [6.45, 7) is -2.14. The minimum Gasteiger partial charge on any atom is -0.326 e. The van der Waals surface area contributed by atoms with Gasteiger partial charge in [0.2, 0.25) is 11.0 Å². The Bertz CT molecular complexity index is 328. The molecule has 1 unspecified atom stereocenters. The molecule has 15 heavy (non-hydrogen) atoms. The van der Waals surface area contributed by atoms with Gasteiger partial charge in [-0.25, -0.2) is 0 Å². The summed E-state index contributed by atoms with van der Waals surface area (Å²) in [5.41, 5.74) is 0. The molecule has 4 nitrogen and oxygen atoms in total. The molecule has 1 aliphatic rings. The van der Waals surface area contributed by atoms with E-state index < -0.39 is 42.1 Å². The predicted octanol–water partition coefficient (Wildman–Crippen LogP) is 0.342. The Morgan fingerprint density at radius 1 is 1.47 bits per heavy atom. The van der Waals surface area contributed by atoms with Gasteiger partial charge in [-0.3, -0.25) is 14.4 Å². The number of rotatable bonds is 2. The molecule has 0 N–H and O–H groups in total. The molecule has 1 fully saturated rings. The lowest BCUT2D eigenvalue weighted by Crippen LogP contribution is -2.36. The average molecular weight is 244 g/mol. The van der Waals surface area contributed by atoms with Gasteiger partial charge in [0, 0.05) is 6.54 Å². The van der Waals surface area contributed by atoms with Crippen molar-refractivity contribution in [1.82, 2.24) is 4.90 Å². The van der Waals surface area contributed by atoms with Gasteiger partial charge in [-0.2, -0.15) is 13.2 Å². The van der Waals surface area contributed by atoms with E-state index in [-0.39, 0.29) is 4.90 Å². The van der Waals surface area contributed by atoms with E-state index >= 15 is 0 Å². The lowest BCUT2D eigenvalue weighted by Gasteiger charge is -2.16. The third kappa shape index (κ3) is 2.68. The number of Topliss-reactive ketones (excluding diaryl/α,β-unsaturated/α-hetero) is 1. The second kappa shape index (κ2) is 3.80. The van der Waals surface area contributed by atoms with Crippen LogP contribution in [0.4, 0.5) is 13.2 Å². The van der Waals surface area contributed by atoms with Crippen LogP contribution in [-0.4, -0.2) is 41.1 Å². The Kier molecular flexibility index (Phi) is 3.03. The van der Waals surface area contributed by atoms with Gasteiger partial charge >= 0.3 is 6.18 Å². The monoisotopic (exact) mass is 243 g/mol. The van der Waals surface area contributed by atoms with Gasteiger partial charge in [-0.05, 0) is 11.6 Å². The number of carbonyl (C=O) groups excluding carboxylic acids is 3. The third-order valence-corrected chi connectivity index (χ3v) is 2.12. The number of alkyl halides is 3. The molecule has 0 saturated carbocycles. The maximum absolute atomic E-state index is 11.9. The summed E-state index contributed by atoms with van der Waals surface area (Å²) in [4.78, 5) is 32.8. The van der Waals surface area contributed by atoms with Crippen molar-refractivity contribution >= 4 is 28.5 Å². The largest absolute Gasteiger partial charge is 0.406 e. The zero-order chi connectivity index (χ0) is 11.8. The highest BCUT2D eigenvalue weighted by molar-refractivity contribution is 6.68. The summed E-state index contributed by atoms with van der Waals surface area (Å²) in [5, 5.41) is -1.11. The fraction of sp³-hybridized carbons (Fsp3) is 0.571. The van der Waals surface area contributed by atoms with Crippen molar-refractivity contribution in [2.45, 2.75) is 6.18 Å². The molecule has 0 bridgehead atoms. The number of likely N-dealkylation sites (tertiary alicyclic amines) is 1. The SMILES string of the molecule is O=C(Cl)C1CN(CC(F)(F)F)C(=O)C1=O. The van der Waals surface area contributed by atoms with E-state index in [1.165, 1.54) is 0 Å². The highest BCUT2D eigenvalue weighted by Gasteiger charge is 2.46. The van der Waals surface area contributed by atoms with Crippen LogP contribution in [0.25, 0.3) is 0 Å². The molecule has 0 radical (unpaired) electrons. The second-order valence-electron chi connectivity index (χ2n) is 3.02. The molecular formula is C7H5ClF3NO3. The van der Waals surface area contributed by atoms with E-state index in [0.717, 1.165) is 0 Å². The first-order valence-corrected chi connectivity index (χ1v) is 4.19. The summed E-state index contributed by atoms with van der Waals surface area (Å²) in [5.74, 6) is -3.97. The first-order valence-electron chi connectivity index (χ1n) is 3.81. The van der Waals surface area contributed by atoms with Crippen molar-refractivity contribution in [2.75, 3.05) is 13.1 Å². The van der Waals surface area contributed by atoms with Gasteiger partial charge in [-0.15, -0.1) is 0 Å². The Morgan fingerprint density at radius 2 is 2.00 bits per heavy atom. The van der Waals surface area contributed by atoms with E-state index in [2.05, 4.69) is 0 Å². The zero-order valence-electron chi connectivity index (χ0n) is 7.18. The molecule has 0 aromatic carbocycles. The topological polar surface area (TPSA) is 54.5 Å². The van der Waals surface area contributed by atoms with Gasteiger partial charge in [0.15, 0.2) is 0 Å². The Morgan fingerprint density at radius 3 is 2.33 bits per heavy atom. The van der Waals surface area contributed by atoms with E-state index in [4.69, 9.17) is 11.6 Å². The van der Waals surface area contributed by atoms with Crippen LogP contribution in [0, 0.1) is 5.92 Å². The molecule has 1 rings (SSSR count). The molecule has 8 heteroatoms.